The monoisotopic (exact) mass is 120 g/mol. The molecule has 0 N–H and O–H groups in total. The van der Waals surface area contributed by atoms with Crippen LogP contribution in [0, 0.1) is 0 Å². The molecule has 0 aromatic heterocycles. The van der Waals surface area contributed by atoms with Crippen molar-refractivity contribution in [3.63, 3.8) is 0 Å². The van der Waals surface area contributed by atoms with Crippen LogP contribution in [0.3, 0.4) is 0 Å². The van der Waals surface area contributed by atoms with Crippen LogP contribution in [0.2, 0.25) is 0 Å². The van der Waals surface area contributed by atoms with Crippen LogP contribution in [0.5, 0.6) is 0 Å². The van der Waals surface area contributed by atoms with Gasteiger partial charge in [-0.3, -0.25) is 0 Å². The van der Waals surface area contributed by atoms with E-state index in [1.807, 2.05) is 30.3 Å². The predicted molar refractivity (Wildman–Crippen MR) is 22.0 cm³/mol. The average Bonchev–Trinajstić information content (AvgIpc) is 1.76. The molecule has 1 aromatic carbocycles. The fourth-order valence-electron chi connectivity index (χ4n) is 0.321. The van der Waals surface area contributed by atoms with Gasteiger partial charge in [-0.2, -0.15) is 18.2 Å². The van der Waals surface area contributed by atoms with Gasteiger partial charge < -0.3 is 0 Å². The summed E-state index contributed by atoms with van der Waals surface area (Å²) < 4.78 is 0. The van der Waals surface area contributed by atoms with Crippen LogP contribution < -0.4 is 0 Å². The molecular weight excluding hydrogens is 115 g/mol. The summed E-state index contributed by atoms with van der Waals surface area (Å²) in [5.41, 5.74) is 0. The van der Waals surface area contributed by atoms with Crippen molar-refractivity contribution in [2.75, 3.05) is 0 Å². The zero-order valence-corrected chi connectivity index (χ0v) is 4.45. The molecule has 0 saturated carbocycles. The fraction of sp³-hybridized carbons (Fsp3) is 0. The molecular formula is C5H5Mn-. The average molecular weight is 120 g/mol. The number of hydrogen-bond acceptors (Lipinski definition) is 0. The Morgan fingerprint density at radius 2 is 1.50 bits per heavy atom. The second-order valence-electron chi connectivity index (χ2n) is 0.962. The molecule has 0 unspecified atom stereocenters. The molecule has 0 aliphatic heterocycles. The Labute approximate surface area is 48.0 Å². The van der Waals surface area contributed by atoms with Crippen molar-refractivity contribution in [3.8, 4) is 0 Å². The molecule has 0 bridgehead atoms. The summed E-state index contributed by atoms with van der Waals surface area (Å²) in [5, 5.41) is 0. The summed E-state index contributed by atoms with van der Waals surface area (Å²) in [7, 11) is 0. The summed E-state index contributed by atoms with van der Waals surface area (Å²) in [6.45, 7) is 0. The quantitative estimate of drug-likeness (QED) is 0.358. The molecule has 0 aliphatic carbocycles. The van der Waals surface area contributed by atoms with Crippen molar-refractivity contribution in [2.24, 2.45) is 0 Å². The molecule has 0 heterocycles. The third-order valence-corrected chi connectivity index (χ3v) is 0.556. The Hall–Kier alpha value is -0.131. The van der Waals surface area contributed by atoms with Gasteiger partial charge in [-0.25, -0.2) is 12.1 Å². The molecule has 0 aliphatic rings. The molecule has 0 fully saturated rings. The third-order valence-electron chi connectivity index (χ3n) is 0.556. The summed E-state index contributed by atoms with van der Waals surface area (Å²) in [4.78, 5) is 0. The number of hydrogen-bond donors (Lipinski definition) is 0. The molecule has 1 heteroatoms. The summed E-state index contributed by atoms with van der Waals surface area (Å²) >= 11 is 0. The van der Waals surface area contributed by atoms with E-state index in [2.05, 4.69) is 0 Å². The Kier molecular flexibility index (Phi) is 3.01. The molecule has 0 spiro atoms. The molecule has 6 heavy (non-hydrogen) atoms. The standard InChI is InChI=1S/C5H5.Mn/c1-2-4-5-3-1;/h1-5H;/q-1;. The summed E-state index contributed by atoms with van der Waals surface area (Å²) in [6, 6.07) is 10.0. The van der Waals surface area contributed by atoms with E-state index in [0.29, 0.717) is 0 Å². The minimum Gasteiger partial charge on any atom is -0.214 e. The molecule has 1 rings (SSSR count). The normalized spacial score (nSPS) is 6.67. The Morgan fingerprint density at radius 1 is 1.00 bits per heavy atom. The van der Waals surface area contributed by atoms with E-state index in [4.69, 9.17) is 0 Å². The Bertz CT molecular complexity index is 60.4. The third kappa shape index (κ3) is 1.34. The molecule has 0 nitrogen and oxygen atoms in total. The van der Waals surface area contributed by atoms with Crippen molar-refractivity contribution >= 4 is 0 Å². The van der Waals surface area contributed by atoms with Gasteiger partial charge in [-0.15, -0.1) is 0 Å². The van der Waals surface area contributed by atoms with Crippen LogP contribution >= 0.6 is 0 Å². The van der Waals surface area contributed by atoms with Gasteiger partial charge >= 0.3 is 0 Å². The summed E-state index contributed by atoms with van der Waals surface area (Å²) in [5.74, 6) is 0. The van der Waals surface area contributed by atoms with Crippen molar-refractivity contribution in [3.05, 3.63) is 30.3 Å². The van der Waals surface area contributed by atoms with Crippen molar-refractivity contribution in [1.82, 2.24) is 0 Å². The molecule has 1 radical (unpaired) electrons. The molecule has 0 atom stereocenters. The van der Waals surface area contributed by atoms with Crippen LogP contribution in [-0.2, 0) is 17.1 Å². The fourth-order valence-corrected chi connectivity index (χ4v) is 0.321. The van der Waals surface area contributed by atoms with Crippen molar-refractivity contribution in [1.29, 1.82) is 0 Å². The zero-order valence-electron chi connectivity index (χ0n) is 3.26. The van der Waals surface area contributed by atoms with E-state index in [0.717, 1.165) is 0 Å². The van der Waals surface area contributed by atoms with Gasteiger partial charge in [0.15, 0.2) is 0 Å². The first-order valence-electron chi connectivity index (χ1n) is 1.67. The minimum absolute atomic E-state index is 0. The van der Waals surface area contributed by atoms with Gasteiger partial charge in [0.05, 0.1) is 0 Å². The molecule has 0 amide bonds. The van der Waals surface area contributed by atoms with Gasteiger partial charge in [0.2, 0.25) is 0 Å². The van der Waals surface area contributed by atoms with Gasteiger partial charge in [-0.05, 0) is 0 Å². The molecule has 0 saturated heterocycles. The second kappa shape index (κ2) is 3.07. The first-order chi connectivity index (χ1) is 2.50. The van der Waals surface area contributed by atoms with Gasteiger partial charge in [-0.1, -0.05) is 0 Å². The van der Waals surface area contributed by atoms with Crippen molar-refractivity contribution < 1.29 is 17.1 Å². The first kappa shape index (κ1) is 5.87. The van der Waals surface area contributed by atoms with Crippen LogP contribution in [0.25, 0.3) is 0 Å². The van der Waals surface area contributed by atoms with Gasteiger partial charge in [0, 0.05) is 17.1 Å². The van der Waals surface area contributed by atoms with Crippen LogP contribution in [0.1, 0.15) is 0 Å². The maximum absolute atomic E-state index is 2.00. The van der Waals surface area contributed by atoms with Crippen molar-refractivity contribution in [2.45, 2.75) is 0 Å². The maximum atomic E-state index is 2.00. The Balaban J connectivity index is 0.000000250. The van der Waals surface area contributed by atoms with E-state index >= 15 is 0 Å². The second-order valence-corrected chi connectivity index (χ2v) is 0.962. The summed E-state index contributed by atoms with van der Waals surface area (Å²) in [6.07, 6.45) is 0. The molecule has 33 valence electrons. The minimum atomic E-state index is 0. The zero-order chi connectivity index (χ0) is 3.54. The smallest absolute Gasteiger partial charge is 0 e. The van der Waals surface area contributed by atoms with Crippen LogP contribution in [0.15, 0.2) is 30.3 Å². The molecule has 1 aromatic rings. The van der Waals surface area contributed by atoms with E-state index in [-0.39, 0.29) is 17.1 Å². The number of rotatable bonds is 0. The predicted octanol–water partition coefficient (Wildman–Crippen LogP) is 1.40. The largest absolute Gasteiger partial charge is 0.214 e. The van der Waals surface area contributed by atoms with Gasteiger partial charge in [0.25, 0.3) is 0 Å². The first-order valence-corrected chi connectivity index (χ1v) is 1.67. The maximum Gasteiger partial charge on any atom is 0 e. The topological polar surface area (TPSA) is 0 Å². The van der Waals surface area contributed by atoms with E-state index in [1.54, 1.807) is 0 Å². The SMILES string of the molecule is [Mn].c1cc[cH-]c1. The van der Waals surface area contributed by atoms with E-state index < -0.39 is 0 Å². The Morgan fingerprint density at radius 3 is 1.67 bits per heavy atom. The van der Waals surface area contributed by atoms with E-state index in [9.17, 15) is 0 Å². The van der Waals surface area contributed by atoms with Crippen LogP contribution in [-0.4, -0.2) is 0 Å². The van der Waals surface area contributed by atoms with Crippen LogP contribution in [0.4, 0.5) is 0 Å². The van der Waals surface area contributed by atoms with E-state index in [1.165, 1.54) is 0 Å². The van der Waals surface area contributed by atoms with Gasteiger partial charge in [0.1, 0.15) is 0 Å².